The molecule has 0 aliphatic carbocycles. The first-order chi connectivity index (χ1) is 9.49. The predicted octanol–water partition coefficient (Wildman–Crippen LogP) is 0.507. The van der Waals surface area contributed by atoms with Gasteiger partial charge in [-0.1, -0.05) is 35.9 Å². The summed E-state index contributed by atoms with van der Waals surface area (Å²) in [5.74, 6) is 0.435. The van der Waals surface area contributed by atoms with Crippen molar-refractivity contribution in [3.8, 4) is 5.75 Å². The molecule has 0 radical (unpaired) electrons. The van der Waals surface area contributed by atoms with E-state index in [9.17, 15) is 9.69 Å². The SMILES string of the molecule is Cc1cc(C)c(C(=O)P([O-])Oc2ccccc2)c(C)c1.[Li+]. The standard InChI is InChI=1S/C16H16O3P.Li/c1-11-9-12(2)15(13(3)10-11)16(17)20(18)19-14-7-5-4-6-8-14;/h4-10H,1-3H3;/q-1;+1. The van der Waals surface area contributed by atoms with Crippen LogP contribution in [0, 0.1) is 20.8 Å². The van der Waals surface area contributed by atoms with E-state index >= 15 is 0 Å². The van der Waals surface area contributed by atoms with Gasteiger partial charge in [0.1, 0.15) is 5.75 Å². The minimum atomic E-state index is -2.43. The Morgan fingerprint density at radius 2 is 1.57 bits per heavy atom. The summed E-state index contributed by atoms with van der Waals surface area (Å²) in [6.07, 6.45) is 0. The van der Waals surface area contributed by atoms with E-state index in [1.54, 1.807) is 24.3 Å². The van der Waals surface area contributed by atoms with Crippen LogP contribution < -0.4 is 28.3 Å². The molecule has 2 rings (SSSR count). The van der Waals surface area contributed by atoms with Crippen LogP contribution in [0.3, 0.4) is 0 Å². The first-order valence-corrected chi connectivity index (χ1v) is 7.49. The van der Waals surface area contributed by atoms with Crippen molar-refractivity contribution in [2.24, 2.45) is 0 Å². The van der Waals surface area contributed by atoms with Gasteiger partial charge in [0.25, 0.3) is 0 Å². The molecule has 21 heavy (non-hydrogen) atoms. The Bertz CT molecular complexity index is 606. The topological polar surface area (TPSA) is 49.4 Å². The van der Waals surface area contributed by atoms with Crippen LogP contribution in [0.2, 0.25) is 0 Å². The second-order valence-corrected chi connectivity index (χ2v) is 5.84. The fourth-order valence-corrected chi connectivity index (χ4v) is 3.16. The van der Waals surface area contributed by atoms with Crippen LogP contribution in [0.4, 0.5) is 0 Å². The summed E-state index contributed by atoms with van der Waals surface area (Å²) >= 11 is 0. The van der Waals surface area contributed by atoms with Crippen molar-refractivity contribution < 1.29 is 33.1 Å². The molecule has 3 nitrogen and oxygen atoms in total. The molecular formula is C16H16LiO3P. The molecule has 2 aromatic rings. The van der Waals surface area contributed by atoms with Gasteiger partial charge in [-0.3, -0.25) is 4.79 Å². The van der Waals surface area contributed by atoms with Gasteiger partial charge in [-0.05, 0) is 44.0 Å². The van der Waals surface area contributed by atoms with Crippen LogP contribution in [0.5, 0.6) is 5.75 Å². The molecule has 5 heteroatoms. The van der Waals surface area contributed by atoms with E-state index in [1.807, 2.05) is 39.0 Å². The van der Waals surface area contributed by atoms with Crippen LogP contribution in [0.1, 0.15) is 27.0 Å². The molecule has 0 fully saturated rings. The number of aryl methyl sites for hydroxylation is 3. The van der Waals surface area contributed by atoms with Gasteiger partial charge in [0.15, 0.2) is 0 Å². The molecule has 1 atom stereocenters. The second-order valence-electron chi connectivity index (χ2n) is 4.74. The number of rotatable bonds is 4. The molecule has 2 aromatic carbocycles. The van der Waals surface area contributed by atoms with Gasteiger partial charge < -0.3 is 9.42 Å². The van der Waals surface area contributed by atoms with Crippen LogP contribution in [-0.4, -0.2) is 5.52 Å². The van der Waals surface area contributed by atoms with Gasteiger partial charge in [-0.2, -0.15) is 0 Å². The average Bonchev–Trinajstić information content (AvgIpc) is 2.38. The van der Waals surface area contributed by atoms with Gasteiger partial charge >= 0.3 is 18.9 Å². The largest absolute Gasteiger partial charge is 1.00 e. The Balaban J connectivity index is 0.00000220. The molecular weight excluding hydrogens is 278 g/mol. The molecule has 0 heterocycles. The Hall–Kier alpha value is -1.10. The summed E-state index contributed by atoms with van der Waals surface area (Å²) in [5, 5.41) is 0. The van der Waals surface area contributed by atoms with Crippen molar-refractivity contribution in [3.05, 3.63) is 64.7 Å². The summed E-state index contributed by atoms with van der Waals surface area (Å²) in [6, 6.07) is 12.5. The van der Waals surface area contributed by atoms with Gasteiger partial charge in [0.05, 0.1) is 8.38 Å². The van der Waals surface area contributed by atoms with E-state index in [2.05, 4.69) is 0 Å². The van der Waals surface area contributed by atoms with Crippen molar-refractivity contribution in [2.75, 3.05) is 0 Å². The summed E-state index contributed by atoms with van der Waals surface area (Å²) in [4.78, 5) is 24.4. The monoisotopic (exact) mass is 294 g/mol. The summed E-state index contributed by atoms with van der Waals surface area (Å²) in [6.45, 7) is 5.66. The number of hydrogen-bond acceptors (Lipinski definition) is 3. The third-order valence-corrected chi connectivity index (χ3v) is 3.92. The minimum Gasteiger partial charge on any atom is -0.792 e. The zero-order valence-electron chi connectivity index (χ0n) is 12.7. The number of para-hydroxylation sites is 1. The molecule has 0 N–H and O–H groups in total. The Morgan fingerprint density at radius 1 is 1.05 bits per heavy atom. The Kier molecular flexibility index (Phi) is 6.65. The normalized spacial score (nSPS) is 11.4. The number of carbonyl (C=O) groups excluding carboxylic acids is 1. The first-order valence-electron chi connectivity index (χ1n) is 6.31. The van der Waals surface area contributed by atoms with E-state index in [-0.39, 0.29) is 18.9 Å². The van der Waals surface area contributed by atoms with E-state index in [4.69, 9.17) is 4.52 Å². The predicted molar refractivity (Wildman–Crippen MR) is 79.0 cm³/mol. The summed E-state index contributed by atoms with van der Waals surface area (Å²) in [5.41, 5.74) is 2.77. The van der Waals surface area contributed by atoms with E-state index < -0.39 is 13.9 Å². The average molecular weight is 294 g/mol. The maximum Gasteiger partial charge on any atom is 1.00 e. The van der Waals surface area contributed by atoms with Crippen molar-refractivity contribution in [1.29, 1.82) is 0 Å². The van der Waals surface area contributed by atoms with Crippen molar-refractivity contribution in [1.82, 2.24) is 0 Å². The minimum absolute atomic E-state index is 0. The van der Waals surface area contributed by atoms with Gasteiger partial charge in [-0.25, -0.2) is 0 Å². The first kappa shape index (κ1) is 17.9. The zero-order chi connectivity index (χ0) is 14.7. The molecule has 104 valence electrons. The smallest absolute Gasteiger partial charge is 0.792 e. The van der Waals surface area contributed by atoms with Crippen LogP contribution in [-0.2, 0) is 0 Å². The van der Waals surface area contributed by atoms with E-state index in [1.165, 1.54) is 0 Å². The maximum atomic E-state index is 12.3. The molecule has 0 spiro atoms. The third kappa shape index (κ3) is 4.43. The van der Waals surface area contributed by atoms with Crippen molar-refractivity contribution >= 4 is 13.9 Å². The molecule has 0 saturated heterocycles. The number of benzene rings is 2. The number of carbonyl (C=O) groups is 1. The van der Waals surface area contributed by atoms with Crippen LogP contribution in [0.15, 0.2) is 42.5 Å². The molecule has 0 bridgehead atoms. The van der Waals surface area contributed by atoms with Crippen LogP contribution >= 0.6 is 8.38 Å². The Morgan fingerprint density at radius 3 is 2.10 bits per heavy atom. The molecule has 0 aromatic heterocycles. The summed E-state index contributed by atoms with van der Waals surface area (Å²) < 4.78 is 5.23. The molecule has 0 amide bonds. The van der Waals surface area contributed by atoms with E-state index in [0.717, 1.165) is 16.7 Å². The molecule has 1 unspecified atom stereocenters. The van der Waals surface area contributed by atoms with Crippen LogP contribution in [0.25, 0.3) is 0 Å². The number of hydrogen-bond donors (Lipinski definition) is 0. The second kappa shape index (κ2) is 7.78. The third-order valence-electron chi connectivity index (χ3n) is 2.99. The fourth-order valence-electron chi connectivity index (χ4n) is 2.23. The molecule has 0 saturated carbocycles. The quantitative estimate of drug-likeness (QED) is 0.610. The van der Waals surface area contributed by atoms with Crippen molar-refractivity contribution in [2.45, 2.75) is 20.8 Å². The molecule has 0 aliphatic rings. The molecule has 0 aliphatic heterocycles. The van der Waals surface area contributed by atoms with Crippen molar-refractivity contribution in [3.63, 3.8) is 0 Å². The Labute approximate surface area is 138 Å². The van der Waals surface area contributed by atoms with Gasteiger partial charge in [0, 0.05) is 5.56 Å². The summed E-state index contributed by atoms with van der Waals surface area (Å²) in [7, 11) is -2.43. The zero-order valence-corrected chi connectivity index (χ0v) is 13.6. The fraction of sp³-hybridized carbons (Fsp3) is 0.188. The maximum absolute atomic E-state index is 12.3. The van der Waals surface area contributed by atoms with E-state index in [0.29, 0.717) is 11.3 Å². The van der Waals surface area contributed by atoms with Gasteiger partial charge in [-0.15, -0.1) is 0 Å². The van der Waals surface area contributed by atoms with Gasteiger partial charge in [0.2, 0.25) is 5.52 Å².